The molecule has 1 atom stereocenters. The van der Waals surface area contributed by atoms with Gasteiger partial charge in [-0.2, -0.15) is 4.72 Å². The van der Waals surface area contributed by atoms with Crippen molar-refractivity contribution in [2.24, 2.45) is 0 Å². The van der Waals surface area contributed by atoms with Crippen LogP contribution in [0.2, 0.25) is 0 Å². The minimum Gasteiger partial charge on any atom is -0.508 e. The van der Waals surface area contributed by atoms with Gasteiger partial charge in [0.2, 0.25) is 0 Å². The smallest absolute Gasteiger partial charge is 0.361 e. The standard InChI is InChI=1S/C23H18N2O6S2/c1-14-2-4-15(5-3-14)6-8-17-9-11-21(32-17)33(29,30)25-22(23(27)28)31-20-13-24-19-10-7-16(26)12-18(19)20/h2-5,7,9-13,22,24-26H,1H3,(H,27,28). The second-order valence-corrected chi connectivity index (χ2v) is 10.1. The van der Waals surface area contributed by atoms with Crippen molar-refractivity contribution >= 4 is 38.2 Å². The molecule has 0 fully saturated rings. The first-order valence-electron chi connectivity index (χ1n) is 9.62. The summed E-state index contributed by atoms with van der Waals surface area (Å²) in [7, 11) is -4.20. The molecule has 33 heavy (non-hydrogen) atoms. The minimum atomic E-state index is -4.20. The maximum absolute atomic E-state index is 12.8. The van der Waals surface area contributed by atoms with E-state index in [4.69, 9.17) is 4.74 Å². The zero-order valence-corrected chi connectivity index (χ0v) is 18.8. The highest BCUT2D eigenvalue weighted by molar-refractivity contribution is 7.91. The van der Waals surface area contributed by atoms with Gasteiger partial charge in [-0.25, -0.2) is 13.2 Å². The number of phenolic OH excluding ortho intramolecular Hbond substituents is 1. The number of H-pyrrole nitrogens is 1. The minimum absolute atomic E-state index is 0.0442. The number of aromatic nitrogens is 1. The second kappa shape index (κ2) is 8.99. The number of carboxylic acid groups (broad SMARTS) is 1. The number of sulfonamides is 1. The van der Waals surface area contributed by atoms with Crippen molar-refractivity contribution in [1.82, 2.24) is 9.71 Å². The van der Waals surface area contributed by atoms with Gasteiger partial charge in [0, 0.05) is 22.7 Å². The molecule has 4 N–H and O–H groups in total. The van der Waals surface area contributed by atoms with Gasteiger partial charge in [-0.3, -0.25) is 0 Å². The van der Waals surface area contributed by atoms with Crippen molar-refractivity contribution in [3.63, 3.8) is 0 Å². The molecule has 2 heterocycles. The van der Waals surface area contributed by atoms with Gasteiger partial charge >= 0.3 is 5.97 Å². The number of carboxylic acids is 1. The van der Waals surface area contributed by atoms with Crippen LogP contribution in [0, 0.1) is 18.8 Å². The summed E-state index contributed by atoms with van der Waals surface area (Å²) in [6, 6.07) is 14.9. The number of fused-ring (bicyclic) bond motifs is 1. The fourth-order valence-electron chi connectivity index (χ4n) is 2.93. The van der Waals surface area contributed by atoms with Crippen molar-refractivity contribution in [2.75, 3.05) is 0 Å². The van der Waals surface area contributed by atoms with Gasteiger partial charge < -0.3 is 19.9 Å². The number of nitrogens with one attached hydrogen (secondary N) is 2. The van der Waals surface area contributed by atoms with Crippen LogP contribution in [0.25, 0.3) is 10.9 Å². The number of ether oxygens (including phenoxy) is 1. The highest BCUT2D eigenvalue weighted by Crippen LogP contribution is 2.29. The van der Waals surface area contributed by atoms with E-state index in [1.807, 2.05) is 31.2 Å². The van der Waals surface area contributed by atoms with Gasteiger partial charge in [0.15, 0.2) is 0 Å². The molecule has 8 nitrogen and oxygen atoms in total. The van der Waals surface area contributed by atoms with Gasteiger partial charge in [-0.15, -0.1) is 11.3 Å². The maximum atomic E-state index is 12.8. The van der Waals surface area contributed by atoms with E-state index in [9.17, 15) is 23.4 Å². The Morgan fingerprint density at radius 2 is 1.88 bits per heavy atom. The number of aryl methyl sites for hydroxylation is 1. The lowest BCUT2D eigenvalue weighted by atomic mass is 10.1. The van der Waals surface area contributed by atoms with Crippen LogP contribution in [0.3, 0.4) is 0 Å². The van der Waals surface area contributed by atoms with E-state index in [0.29, 0.717) is 15.8 Å². The van der Waals surface area contributed by atoms with Gasteiger partial charge in [-0.05, 0) is 49.4 Å². The summed E-state index contributed by atoms with van der Waals surface area (Å²) in [6.07, 6.45) is -0.501. The Kier molecular flexibility index (Phi) is 6.11. The predicted octanol–water partition coefficient (Wildman–Crippen LogP) is 3.41. The van der Waals surface area contributed by atoms with Crippen LogP contribution in [0.4, 0.5) is 0 Å². The van der Waals surface area contributed by atoms with E-state index in [-0.39, 0.29) is 15.7 Å². The molecule has 2 aromatic heterocycles. The van der Waals surface area contributed by atoms with Crippen LogP contribution >= 0.6 is 11.3 Å². The molecule has 0 saturated carbocycles. The van der Waals surface area contributed by atoms with E-state index in [0.717, 1.165) is 22.5 Å². The van der Waals surface area contributed by atoms with Crippen LogP contribution in [0.1, 0.15) is 16.0 Å². The average Bonchev–Trinajstić information content (AvgIpc) is 3.40. The van der Waals surface area contributed by atoms with Crippen molar-refractivity contribution < 1.29 is 28.2 Å². The SMILES string of the molecule is Cc1ccc(C#Cc2ccc(S(=O)(=O)NC(Oc3c[nH]c4ccc(O)cc34)C(=O)O)s2)cc1. The van der Waals surface area contributed by atoms with Gasteiger partial charge in [0.25, 0.3) is 16.3 Å². The van der Waals surface area contributed by atoms with Gasteiger partial charge in [-0.1, -0.05) is 29.5 Å². The summed E-state index contributed by atoms with van der Waals surface area (Å²) in [6.45, 7) is 1.97. The monoisotopic (exact) mass is 482 g/mol. The molecule has 1 unspecified atom stereocenters. The molecule has 0 spiro atoms. The molecule has 4 rings (SSSR count). The number of aromatic hydroxyl groups is 1. The summed E-state index contributed by atoms with van der Waals surface area (Å²) in [5.74, 6) is 4.38. The molecule has 0 aliphatic carbocycles. The lowest BCUT2D eigenvalue weighted by Gasteiger charge is -2.15. The Balaban J connectivity index is 1.53. The number of phenols is 1. The van der Waals surface area contributed by atoms with E-state index in [1.54, 1.807) is 12.1 Å². The molecule has 4 aromatic rings. The first kappa shape index (κ1) is 22.4. The Morgan fingerprint density at radius 3 is 2.61 bits per heavy atom. The highest BCUT2D eigenvalue weighted by Gasteiger charge is 2.29. The van der Waals surface area contributed by atoms with Crippen LogP contribution in [0.5, 0.6) is 11.5 Å². The van der Waals surface area contributed by atoms with Crippen molar-refractivity contribution in [3.05, 3.63) is 76.8 Å². The second-order valence-electron chi connectivity index (χ2n) is 7.07. The fraction of sp³-hybridized carbons (Fsp3) is 0.0870. The number of thiophene rings is 1. The molecule has 0 bridgehead atoms. The zero-order chi connectivity index (χ0) is 23.6. The molecule has 0 saturated heterocycles. The van der Waals surface area contributed by atoms with E-state index in [1.165, 1.54) is 24.4 Å². The number of carbonyl (C=O) groups is 1. The third-order valence-corrected chi connectivity index (χ3v) is 7.48. The molecule has 10 heteroatoms. The lowest BCUT2D eigenvalue weighted by molar-refractivity contribution is -0.145. The predicted molar refractivity (Wildman–Crippen MR) is 124 cm³/mol. The summed E-state index contributed by atoms with van der Waals surface area (Å²) in [5.41, 5.74) is 2.49. The third kappa shape index (κ3) is 5.18. The number of aliphatic carboxylic acids is 1. The van der Waals surface area contributed by atoms with Crippen LogP contribution < -0.4 is 9.46 Å². The number of rotatable bonds is 6. The first-order valence-corrected chi connectivity index (χ1v) is 11.9. The van der Waals surface area contributed by atoms with Crippen LogP contribution in [-0.4, -0.2) is 35.8 Å². The van der Waals surface area contributed by atoms with Crippen LogP contribution in [0.15, 0.2) is 65.0 Å². The Labute approximate surface area is 193 Å². The van der Waals surface area contributed by atoms with E-state index >= 15 is 0 Å². The average molecular weight is 483 g/mol. The Morgan fingerprint density at radius 1 is 1.12 bits per heavy atom. The normalized spacial score (nSPS) is 12.2. The molecule has 0 radical (unpaired) electrons. The number of aromatic amines is 1. The Bertz CT molecular complexity index is 1490. The fourth-order valence-corrected chi connectivity index (χ4v) is 5.17. The molecule has 0 aliphatic heterocycles. The molecular weight excluding hydrogens is 464 g/mol. The summed E-state index contributed by atoms with van der Waals surface area (Å²) < 4.78 is 32.9. The summed E-state index contributed by atoms with van der Waals surface area (Å²) >= 11 is 0.917. The largest absolute Gasteiger partial charge is 0.508 e. The first-order chi connectivity index (χ1) is 15.7. The highest BCUT2D eigenvalue weighted by atomic mass is 32.2. The van der Waals surface area contributed by atoms with E-state index in [2.05, 4.69) is 21.5 Å². The number of benzene rings is 2. The van der Waals surface area contributed by atoms with E-state index < -0.39 is 22.2 Å². The van der Waals surface area contributed by atoms with Crippen molar-refractivity contribution in [2.45, 2.75) is 17.4 Å². The number of hydrogen-bond acceptors (Lipinski definition) is 6. The zero-order valence-electron chi connectivity index (χ0n) is 17.2. The molecule has 0 amide bonds. The topological polar surface area (TPSA) is 129 Å². The lowest BCUT2D eigenvalue weighted by Crippen LogP contribution is -2.44. The van der Waals surface area contributed by atoms with Crippen LogP contribution in [-0.2, 0) is 14.8 Å². The molecule has 2 aromatic carbocycles. The van der Waals surface area contributed by atoms with Gasteiger partial charge in [0.1, 0.15) is 15.7 Å². The number of hydrogen-bond donors (Lipinski definition) is 4. The van der Waals surface area contributed by atoms with Crippen molar-refractivity contribution in [1.29, 1.82) is 0 Å². The third-order valence-electron chi connectivity index (χ3n) is 4.59. The molecular formula is C23H18N2O6S2. The van der Waals surface area contributed by atoms with Crippen molar-refractivity contribution in [3.8, 4) is 23.3 Å². The van der Waals surface area contributed by atoms with Gasteiger partial charge in [0.05, 0.1) is 4.88 Å². The summed E-state index contributed by atoms with van der Waals surface area (Å²) in [4.78, 5) is 15.1. The molecule has 168 valence electrons. The Hall–Kier alpha value is -3.78. The summed E-state index contributed by atoms with van der Waals surface area (Å²) in [5, 5.41) is 19.6. The molecule has 0 aliphatic rings. The quantitative estimate of drug-likeness (QED) is 0.246. The maximum Gasteiger partial charge on any atom is 0.361 e.